The maximum Gasteiger partial charge on any atom is 0.442 e. The number of nitrogens with two attached hydrogens (primary N) is 1. The largest absolute Gasteiger partial charge is 0.442 e. The van der Waals surface area contributed by atoms with Crippen molar-refractivity contribution in [3.8, 4) is 11.1 Å². The summed E-state index contributed by atoms with van der Waals surface area (Å²) in [7, 11) is 1.53. The van der Waals surface area contributed by atoms with Gasteiger partial charge in [-0.2, -0.15) is 0 Å². The third-order valence-electron chi connectivity index (χ3n) is 3.60. The Morgan fingerprint density at radius 1 is 1.22 bits per heavy atom. The third kappa shape index (κ3) is 2.48. The van der Waals surface area contributed by atoms with Gasteiger partial charge in [-0.1, -0.05) is 30.3 Å². The highest BCUT2D eigenvalue weighted by Crippen LogP contribution is 2.40. The molecule has 0 unspecified atom stereocenters. The van der Waals surface area contributed by atoms with E-state index in [0.29, 0.717) is 27.8 Å². The van der Waals surface area contributed by atoms with Gasteiger partial charge < -0.3 is 10.2 Å². The number of amides is 2. The minimum atomic E-state index is -0.622. The van der Waals surface area contributed by atoms with E-state index in [2.05, 4.69) is 0 Å². The molecule has 2 N–H and O–H groups in total. The molecule has 1 aromatic heterocycles. The fraction of sp³-hybridized carbons (Fsp3) is 0.0625. The van der Waals surface area contributed by atoms with Crippen LogP contribution in [0.25, 0.3) is 22.1 Å². The first-order valence-corrected chi connectivity index (χ1v) is 6.78. The van der Waals surface area contributed by atoms with E-state index in [1.807, 2.05) is 6.07 Å². The number of carbonyl (C=O) groups is 1. The molecule has 3 rings (SSSR count). The van der Waals surface area contributed by atoms with Crippen molar-refractivity contribution in [3.63, 3.8) is 0 Å². The Hall–Kier alpha value is -3.35. The number of nitrogens with zero attached hydrogens (tertiary/aromatic N) is 2. The number of primary amides is 1. The summed E-state index contributed by atoms with van der Waals surface area (Å²) in [6, 6.07) is 13.2. The Morgan fingerprint density at radius 2 is 1.91 bits per heavy atom. The van der Waals surface area contributed by atoms with Gasteiger partial charge in [0.1, 0.15) is 16.1 Å². The zero-order valence-electron chi connectivity index (χ0n) is 12.2. The van der Waals surface area contributed by atoms with E-state index in [1.54, 1.807) is 42.5 Å². The lowest BCUT2D eigenvalue weighted by Crippen LogP contribution is -2.31. The Labute approximate surface area is 131 Å². The van der Waals surface area contributed by atoms with Gasteiger partial charge in [0, 0.05) is 18.1 Å². The van der Waals surface area contributed by atoms with Crippen LogP contribution in [0, 0.1) is 10.1 Å². The average Bonchev–Trinajstić information content (AvgIpc) is 2.93. The SMILES string of the molecule is CN(C(N)=O)c1ccc2oc([N+](=O)[O-])c(-c3ccccc3)c2c1. The second-order valence-corrected chi connectivity index (χ2v) is 4.98. The topological polar surface area (TPSA) is 103 Å². The van der Waals surface area contributed by atoms with Crippen LogP contribution in [0.3, 0.4) is 0 Å². The minimum absolute atomic E-state index is 0.329. The molecule has 0 saturated heterocycles. The highest BCUT2D eigenvalue weighted by atomic mass is 16.6. The van der Waals surface area contributed by atoms with Crippen molar-refractivity contribution in [2.75, 3.05) is 11.9 Å². The highest BCUT2D eigenvalue weighted by Gasteiger charge is 2.25. The molecule has 0 bridgehead atoms. The van der Waals surface area contributed by atoms with Crippen LogP contribution in [0.1, 0.15) is 0 Å². The maximum atomic E-state index is 11.3. The van der Waals surface area contributed by atoms with E-state index in [4.69, 9.17) is 10.2 Å². The second-order valence-electron chi connectivity index (χ2n) is 4.98. The summed E-state index contributed by atoms with van der Waals surface area (Å²) in [4.78, 5) is 23.3. The molecule has 0 saturated carbocycles. The van der Waals surface area contributed by atoms with Gasteiger partial charge >= 0.3 is 11.9 Å². The van der Waals surface area contributed by atoms with Crippen LogP contribution in [0.5, 0.6) is 0 Å². The second kappa shape index (κ2) is 5.45. The number of hydrogen-bond acceptors (Lipinski definition) is 4. The number of rotatable bonds is 3. The zero-order chi connectivity index (χ0) is 16.6. The van der Waals surface area contributed by atoms with Crippen LogP contribution >= 0.6 is 0 Å². The highest BCUT2D eigenvalue weighted by molar-refractivity contribution is 6.02. The van der Waals surface area contributed by atoms with Gasteiger partial charge in [-0.05, 0) is 23.8 Å². The number of urea groups is 1. The van der Waals surface area contributed by atoms with E-state index >= 15 is 0 Å². The number of anilines is 1. The molecule has 2 aromatic carbocycles. The molecule has 3 aromatic rings. The first kappa shape index (κ1) is 14.6. The molecule has 116 valence electrons. The van der Waals surface area contributed by atoms with E-state index in [1.165, 1.54) is 11.9 Å². The predicted molar refractivity (Wildman–Crippen MR) is 86.3 cm³/mol. The van der Waals surface area contributed by atoms with Crippen molar-refractivity contribution in [1.82, 2.24) is 0 Å². The lowest BCUT2D eigenvalue weighted by Gasteiger charge is -2.13. The predicted octanol–water partition coefficient (Wildman–Crippen LogP) is 3.52. The molecule has 2 amide bonds. The molecule has 0 spiro atoms. The van der Waals surface area contributed by atoms with Crippen molar-refractivity contribution < 1.29 is 14.1 Å². The molecule has 7 heteroatoms. The first-order chi connectivity index (χ1) is 11.0. The average molecular weight is 311 g/mol. The van der Waals surface area contributed by atoms with Crippen molar-refractivity contribution in [2.24, 2.45) is 5.73 Å². The normalized spacial score (nSPS) is 10.7. The smallest absolute Gasteiger partial charge is 0.400 e. The Kier molecular flexibility index (Phi) is 3.46. The fourth-order valence-electron chi connectivity index (χ4n) is 2.42. The van der Waals surface area contributed by atoms with Crippen molar-refractivity contribution >= 4 is 28.6 Å². The summed E-state index contributed by atoms with van der Waals surface area (Å²) in [5.41, 5.74) is 7.21. The maximum absolute atomic E-state index is 11.3. The van der Waals surface area contributed by atoms with Gasteiger partial charge in [-0.25, -0.2) is 4.79 Å². The number of fused-ring (bicyclic) bond motifs is 1. The lowest BCUT2D eigenvalue weighted by molar-refractivity contribution is -0.400. The standard InChI is InChI=1S/C16H13N3O4/c1-18(16(17)20)11-7-8-13-12(9-11)14(15(23-13)19(21)22)10-5-3-2-4-6-10/h2-9H,1H3,(H2,17,20). The molecule has 1 heterocycles. The van der Waals surface area contributed by atoms with Crippen LogP contribution in [0.15, 0.2) is 52.9 Å². The first-order valence-electron chi connectivity index (χ1n) is 6.78. The van der Waals surface area contributed by atoms with E-state index in [-0.39, 0.29) is 5.88 Å². The van der Waals surface area contributed by atoms with E-state index < -0.39 is 11.0 Å². The Balaban J connectivity index is 2.30. The monoisotopic (exact) mass is 311 g/mol. The molecule has 0 aliphatic rings. The van der Waals surface area contributed by atoms with Crippen LogP contribution in [-0.2, 0) is 0 Å². The van der Waals surface area contributed by atoms with Gasteiger partial charge in [0.2, 0.25) is 0 Å². The summed E-state index contributed by atoms with van der Waals surface area (Å²) in [5, 5.41) is 11.9. The number of nitro groups is 1. The molecule has 0 fully saturated rings. The van der Waals surface area contributed by atoms with Gasteiger partial charge in [-0.15, -0.1) is 0 Å². The third-order valence-corrected chi connectivity index (χ3v) is 3.60. The van der Waals surface area contributed by atoms with E-state index in [0.717, 1.165) is 0 Å². The Morgan fingerprint density at radius 3 is 2.52 bits per heavy atom. The molecule has 0 aliphatic carbocycles. The van der Waals surface area contributed by atoms with E-state index in [9.17, 15) is 14.9 Å². The molecule has 0 atom stereocenters. The van der Waals surface area contributed by atoms with Gasteiger partial charge in [0.25, 0.3) is 0 Å². The van der Waals surface area contributed by atoms with Crippen LogP contribution in [-0.4, -0.2) is 18.0 Å². The summed E-state index contributed by atoms with van der Waals surface area (Å²) in [6.07, 6.45) is 0. The van der Waals surface area contributed by atoms with Crippen molar-refractivity contribution in [2.45, 2.75) is 0 Å². The number of hydrogen-bond donors (Lipinski definition) is 1. The molecule has 7 nitrogen and oxygen atoms in total. The number of furan rings is 1. The summed E-state index contributed by atoms with van der Waals surface area (Å²) in [6.45, 7) is 0. The summed E-state index contributed by atoms with van der Waals surface area (Å²) < 4.78 is 5.38. The van der Waals surface area contributed by atoms with Crippen molar-refractivity contribution in [3.05, 3.63) is 58.6 Å². The zero-order valence-corrected chi connectivity index (χ0v) is 12.2. The van der Waals surface area contributed by atoms with Crippen LogP contribution < -0.4 is 10.6 Å². The molecule has 23 heavy (non-hydrogen) atoms. The fourth-order valence-corrected chi connectivity index (χ4v) is 2.42. The number of carbonyl (C=O) groups excluding carboxylic acids is 1. The lowest BCUT2D eigenvalue weighted by atomic mass is 10.0. The van der Waals surface area contributed by atoms with Crippen LogP contribution in [0.4, 0.5) is 16.4 Å². The molecule has 0 radical (unpaired) electrons. The quantitative estimate of drug-likeness (QED) is 0.590. The minimum Gasteiger partial charge on any atom is -0.400 e. The summed E-state index contributed by atoms with van der Waals surface area (Å²) in [5.74, 6) is -0.329. The summed E-state index contributed by atoms with van der Waals surface area (Å²) >= 11 is 0. The van der Waals surface area contributed by atoms with Gasteiger partial charge in [0.15, 0.2) is 0 Å². The number of benzene rings is 2. The Bertz CT molecular complexity index is 902. The molecule has 0 aliphatic heterocycles. The van der Waals surface area contributed by atoms with Gasteiger partial charge in [0.05, 0.1) is 0 Å². The van der Waals surface area contributed by atoms with Crippen LogP contribution in [0.2, 0.25) is 0 Å². The molecular weight excluding hydrogens is 298 g/mol. The van der Waals surface area contributed by atoms with Gasteiger partial charge in [-0.3, -0.25) is 15.0 Å². The molecular formula is C16H13N3O4. The van der Waals surface area contributed by atoms with Crippen molar-refractivity contribution in [1.29, 1.82) is 0 Å².